The second-order valence-corrected chi connectivity index (χ2v) is 7.75. The Morgan fingerprint density at radius 3 is 2.74 bits per heavy atom. The molecule has 4 aromatic rings. The summed E-state index contributed by atoms with van der Waals surface area (Å²) in [6, 6.07) is 15.4. The first-order chi connectivity index (χ1) is 15.3. The van der Waals surface area contributed by atoms with Crippen LogP contribution in [0.1, 0.15) is 23.5 Å². The lowest BCUT2D eigenvalue weighted by Gasteiger charge is -2.13. The highest BCUT2D eigenvalue weighted by Crippen LogP contribution is 2.36. The lowest BCUT2D eigenvalue weighted by molar-refractivity contribution is -0.0477. The molecule has 4 heterocycles. The van der Waals surface area contributed by atoms with E-state index in [1.807, 2.05) is 57.7 Å². The summed E-state index contributed by atoms with van der Waals surface area (Å²) in [5.74, 6) is 2.21. The number of rotatable bonds is 4. The largest absolute Gasteiger partial charge is 0.486 e. The molecule has 2 aliphatic heterocycles. The fourth-order valence-corrected chi connectivity index (χ4v) is 4.16. The number of hydrogen-bond donors (Lipinski definition) is 0. The van der Waals surface area contributed by atoms with E-state index >= 15 is 0 Å². The molecule has 2 aliphatic rings. The third-order valence-electron chi connectivity index (χ3n) is 5.45. The Bertz CT molecular complexity index is 1250. The van der Waals surface area contributed by atoms with Gasteiger partial charge in [-0.3, -0.25) is 0 Å². The molecule has 1 saturated heterocycles. The zero-order chi connectivity index (χ0) is 20.8. The molecular weight excluding hydrogens is 418 g/mol. The number of hydrogen-bond acceptors (Lipinski definition) is 6. The average Bonchev–Trinajstić information content (AvgIpc) is 3.52. The molecule has 0 amide bonds. The maximum Gasteiger partial charge on any atom is 0.203 e. The lowest BCUT2D eigenvalue weighted by Crippen LogP contribution is -2.12. The van der Waals surface area contributed by atoms with Crippen molar-refractivity contribution in [3.63, 3.8) is 0 Å². The van der Waals surface area contributed by atoms with E-state index in [9.17, 15) is 0 Å². The molecule has 0 spiro atoms. The number of nitrogens with zero attached hydrogens (tertiary/aromatic N) is 5. The third-order valence-corrected chi connectivity index (χ3v) is 5.68. The summed E-state index contributed by atoms with van der Waals surface area (Å²) in [4.78, 5) is 4.62. The summed E-state index contributed by atoms with van der Waals surface area (Å²) in [5.41, 5.74) is 3.52. The van der Waals surface area contributed by atoms with Crippen molar-refractivity contribution in [2.24, 2.45) is 0 Å². The molecule has 0 N–H and O–H groups in total. The van der Waals surface area contributed by atoms with Crippen LogP contribution in [0.2, 0.25) is 5.02 Å². The summed E-state index contributed by atoms with van der Waals surface area (Å²) in [6.07, 6.45) is 1.32. The van der Waals surface area contributed by atoms with Crippen molar-refractivity contribution in [3.05, 3.63) is 77.1 Å². The van der Waals surface area contributed by atoms with Crippen LogP contribution < -0.4 is 4.74 Å². The van der Waals surface area contributed by atoms with E-state index < -0.39 is 6.29 Å². The lowest BCUT2D eigenvalue weighted by atomic mass is 10.1. The molecule has 0 bridgehead atoms. The van der Waals surface area contributed by atoms with Gasteiger partial charge in [-0.25, -0.2) is 4.98 Å². The highest BCUT2D eigenvalue weighted by atomic mass is 35.5. The molecule has 8 nitrogen and oxygen atoms in total. The van der Waals surface area contributed by atoms with Crippen LogP contribution in [-0.4, -0.2) is 37.5 Å². The van der Waals surface area contributed by atoms with E-state index in [-0.39, 0.29) is 6.61 Å². The van der Waals surface area contributed by atoms with Gasteiger partial charge in [0.25, 0.3) is 0 Å². The first-order valence-electron chi connectivity index (χ1n) is 9.97. The van der Waals surface area contributed by atoms with Crippen LogP contribution in [0.3, 0.4) is 0 Å². The minimum atomic E-state index is -0.478. The highest BCUT2D eigenvalue weighted by molar-refractivity contribution is 6.31. The maximum absolute atomic E-state index is 6.33. The quantitative estimate of drug-likeness (QED) is 0.427. The number of halogens is 1. The number of para-hydroxylation sites is 1. The molecule has 1 fully saturated rings. The molecule has 2 aromatic heterocycles. The Kier molecular flexibility index (Phi) is 4.48. The summed E-state index contributed by atoms with van der Waals surface area (Å²) >= 11 is 6.33. The highest BCUT2D eigenvalue weighted by Gasteiger charge is 2.31. The molecule has 6 rings (SSSR count). The molecule has 156 valence electrons. The number of benzene rings is 2. The van der Waals surface area contributed by atoms with Crippen LogP contribution in [0, 0.1) is 0 Å². The zero-order valence-electron chi connectivity index (χ0n) is 16.4. The van der Waals surface area contributed by atoms with Crippen molar-refractivity contribution in [3.8, 4) is 22.8 Å². The van der Waals surface area contributed by atoms with Gasteiger partial charge in [0.15, 0.2) is 11.6 Å². The second kappa shape index (κ2) is 7.49. The predicted molar refractivity (Wildman–Crippen MR) is 112 cm³/mol. The fourth-order valence-electron chi connectivity index (χ4n) is 3.98. The van der Waals surface area contributed by atoms with Gasteiger partial charge in [-0.1, -0.05) is 29.8 Å². The van der Waals surface area contributed by atoms with Crippen molar-refractivity contribution in [1.29, 1.82) is 0 Å². The van der Waals surface area contributed by atoms with Crippen LogP contribution >= 0.6 is 11.6 Å². The minimum Gasteiger partial charge on any atom is -0.486 e. The van der Waals surface area contributed by atoms with E-state index in [4.69, 9.17) is 25.8 Å². The molecule has 2 aromatic carbocycles. The summed E-state index contributed by atoms with van der Waals surface area (Å²) in [6.45, 7) is 1.89. The number of ether oxygens (including phenoxy) is 3. The van der Waals surface area contributed by atoms with Gasteiger partial charge in [0.2, 0.25) is 6.29 Å². The van der Waals surface area contributed by atoms with Crippen molar-refractivity contribution in [2.45, 2.75) is 19.4 Å². The van der Waals surface area contributed by atoms with Crippen LogP contribution in [0.15, 0.2) is 54.9 Å². The molecule has 0 radical (unpaired) electrons. The fraction of sp³-hybridized carbons (Fsp3) is 0.227. The third kappa shape index (κ3) is 3.20. The van der Waals surface area contributed by atoms with Gasteiger partial charge < -0.3 is 23.3 Å². The normalized spacial score (nSPS) is 15.3. The SMILES string of the molecule is Clc1ccc2c(c1)-c1nnc(COc3ccccc3)n1Cc1c(C3OCCO3)ncn1-2. The first kappa shape index (κ1) is 18.6. The molecule has 0 saturated carbocycles. The Hall–Kier alpha value is -3.20. The zero-order valence-corrected chi connectivity index (χ0v) is 17.2. The molecular formula is C22H18ClN5O3. The Labute approximate surface area is 183 Å². The maximum atomic E-state index is 6.33. The van der Waals surface area contributed by atoms with Crippen molar-refractivity contribution < 1.29 is 14.2 Å². The second-order valence-electron chi connectivity index (χ2n) is 7.31. The Balaban J connectivity index is 1.46. The Morgan fingerprint density at radius 2 is 1.90 bits per heavy atom. The summed E-state index contributed by atoms with van der Waals surface area (Å²) in [7, 11) is 0. The van der Waals surface area contributed by atoms with Gasteiger partial charge in [0.05, 0.1) is 31.1 Å². The molecule has 0 atom stereocenters. The van der Waals surface area contributed by atoms with E-state index in [0.29, 0.717) is 30.6 Å². The summed E-state index contributed by atoms with van der Waals surface area (Å²) in [5, 5.41) is 9.53. The predicted octanol–water partition coefficient (Wildman–Crippen LogP) is 3.77. The molecule has 0 unspecified atom stereocenters. The van der Waals surface area contributed by atoms with Gasteiger partial charge in [-0.15, -0.1) is 10.2 Å². The topological polar surface area (TPSA) is 76.2 Å². The van der Waals surface area contributed by atoms with E-state index in [2.05, 4.69) is 15.2 Å². The van der Waals surface area contributed by atoms with Gasteiger partial charge in [-0.05, 0) is 30.3 Å². The van der Waals surface area contributed by atoms with Crippen molar-refractivity contribution in [2.75, 3.05) is 13.2 Å². The first-order valence-corrected chi connectivity index (χ1v) is 10.4. The standard InChI is InChI=1S/C22H18ClN5O3/c23-14-6-7-17-16(10-14)21-26-25-19(12-31-15-4-2-1-3-5-15)27(21)11-18-20(24-13-28(17)18)22-29-8-9-30-22/h1-7,10,13,22H,8-9,11-12H2. The molecule has 9 heteroatoms. The molecule has 31 heavy (non-hydrogen) atoms. The van der Waals surface area contributed by atoms with Crippen molar-refractivity contribution >= 4 is 11.6 Å². The van der Waals surface area contributed by atoms with Crippen LogP contribution in [-0.2, 0) is 22.6 Å². The van der Waals surface area contributed by atoms with Gasteiger partial charge in [-0.2, -0.15) is 0 Å². The van der Waals surface area contributed by atoms with E-state index in [0.717, 1.165) is 34.2 Å². The average molecular weight is 436 g/mol. The number of imidazole rings is 1. The summed E-state index contributed by atoms with van der Waals surface area (Å²) < 4.78 is 21.5. The smallest absolute Gasteiger partial charge is 0.203 e. The number of fused-ring (bicyclic) bond motifs is 5. The van der Waals surface area contributed by atoms with Crippen LogP contribution in [0.25, 0.3) is 17.1 Å². The van der Waals surface area contributed by atoms with E-state index in [1.165, 1.54) is 0 Å². The van der Waals surface area contributed by atoms with Gasteiger partial charge in [0.1, 0.15) is 24.4 Å². The van der Waals surface area contributed by atoms with Crippen molar-refractivity contribution in [1.82, 2.24) is 24.3 Å². The number of aromatic nitrogens is 5. The Morgan fingerprint density at radius 1 is 1.06 bits per heavy atom. The van der Waals surface area contributed by atoms with E-state index in [1.54, 1.807) is 6.33 Å². The monoisotopic (exact) mass is 435 g/mol. The molecule has 0 aliphatic carbocycles. The minimum absolute atomic E-state index is 0.285. The van der Waals surface area contributed by atoms with Crippen LogP contribution in [0.5, 0.6) is 5.75 Å². The van der Waals surface area contributed by atoms with Crippen LogP contribution in [0.4, 0.5) is 0 Å². The van der Waals surface area contributed by atoms with Gasteiger partial charge >= 0.3 is 0 Å². The van der Waals surface area contributed by atoms with Gasteiger partial charge in [0, 0.05) is 10.6 Å².